The summed E-state index contributed by atoms with van der Waals surface area (Å²) in [5.74, 6) is -2.25. The lowest BCUT2D eigenvalue weighted by atomic mass is 10.0. The summed E-state index contributed by atoms with van der Waals surface area (Å²) in [6, 6.07) is 4.80. The van der Waals surface area contributed by atoms with Crippen molar-refractivity contribution in [3.8, 4) is 17.0 Å². The summed E-state index contributed by atoms with van der Waals surface area (Å²) in [6.07, 6.45) is -7.00. The number of carbonyl (C=O) groups excluding carboxylic acids is 1. The lowest BCUT2D eigenvalue weighted by Crippen LogP contribution is -2.32. The van der Waals surface area contributed by atoms with Crippen molar-refractivity contribution in [2.75, 3.05) is 11.1 Å². The number of carbonyl (C=O) groups is 1. The van der Waals surface area contributed by atoms with Crippen LogP contribution in [0, 0.1) is 19.7 Å². The summed E-state index contributed by atoms with van der Waals surface area (Å²) in [7, 11) is 0. The van der Waals surface area contributed by atoms with E-state index in [9.17, 15) is 22.4 Å². The van der Waals surface area contributed by atoms with Gasteiger partial charge in [-0.1, -0.05) is 11.6 Å². The van der Waals surface area contributed by atoms with E-state index < -0.39 is 35.3 Å². The number of hydrogen-bond donors (Lipinski definition) is 3. The maximum absolute atomic E-state index is 15.0. The predicted octanol–water partition coefficient (Wildman–Crippen LogP) is 5.05. The van der Waals surface area contributed by atoms with Crippen LogP contribution in [-0.2, 0) is 0 Å². The zero-order valence-electron chi connectivity index (χ0n) is 17.1. The molecule has 0 spiro atoms. The van der Waals surface area contributed by atoms with Crippen molar-refractivity contribution in [2.24, 2.45) is 0 Å². The van der Waals surface area contributed by atoms with E-state index in [-0.39, 0.29) is 27.9 Å². The first-order valence-electron chi connectivity index (χ1n) is 9.20. The van der Waals surface area contributed by atoms with Gasteiger partial charge in [-0.2, -0.15) is 18.3 Å². The summed E-state index contributed by atoms with van der Waals surface area (Å²) in [5.41, 5.74) is 6.28. The number of aryl methyl sites for hydroxylation is 2. The van der Waals surface area contributed by atoms with E-state index in [0.29, 0.717) is 11.3 Å². The van der Waals surface area contributed by atoms with Crippen LogP contribution < -0.4 is 15.8 Å². The maximum atomic E-state index is 15.0. The molecule has 0 saturated heterocycles. The lowest BCUT2D eigenvalue weighted by molar-refractivity contribution is -0.189. The third-order valence-electron chi connectivity index (χ3n) is 4.49. The SMILES string of the molecule is Cc1cc(N)nc(-c2cc(O[C@@H](C)C(F)(F)F)c(C(=O)Nc3c(Cl)n[nH]c3C)cc2F)c1. The average Bonchev–Trinajstić information content (AvgIpc) is 2.99. The second kappa shape index (κ2) is 8.65. The van der Waals surface area contributed by atoms with Crippen molar-refractivity contribution in [1.82, 2.24) is 15.2 Å². The quantitative estimate of drug-likeness (QED) is 0.452. The van der Waals surface area contributed by atoms with Crippen LogP contribution in [0.3, 0.4) is 0 Å². The molecule has 0 radical (unpaired) electrons. The van der Waals surface area contributed by atoms with Gasteiger partial charge in [0, 0.05) is 5.56 Å². The smallest absolute Gasteiger partial charge is 0.425 e. The van der Waals surface area contributed by atoms with Gasteiger partial charge in [0.15, 0.2) is 11.3 Å². The van der Waals surface area contributed by atoms with E-state index in [4.69, 9.17) is 22.1 Å². The van der Waals surface area contributed by atoms with Gasteiger partial charge in [-0.05, 0) is 50.6 Å². The number of rotatable bonds is 5. The molecule has 170 valence electrons. The molecular formula is C20H18ClF4N5O2. The van der Waals surface area contributed by atoms with Crippen molar-refractivity contribution in [1.29, 1.82) is 0 Å². The highest BCUT2D eigenvalue weighted by Crippen LogP contribution is 2.34. The third kappa shape index (κ3) is 4.93. The molecular weight excluding hydrogens is 454 g/mol. The van der Waals surface area contributed by atoms with Gasteiger partial charge in [0.05, 0.1) is 17.0 Å². The van der Waals surface area contributed by atoms with Gasteiger partial charge in [-0.25, -0.2) is 9.37 Å². The van der Waals surface area contributed by atoms with Crippen LogP contribution in [-0.4, -0.2) is 33.4 Å². The minimum absolute atomic E-state index is 0.0708. The van der Waals surface area contributed by atoms with Crippen LogP contribution in [0.5, 0.6) is 5.75 Å². The second-order valence-electron chi connectivity index (χ2n) is 7.05. The fourth-order valence-electron chi connectivity index (χ4n) is 2.84. The summed E-state index contributed by atoms with van der Waals surface area (Å²) in [5, 5.41) is 8.58. The van der Waals surface area contributed by atoms with Crippen LogP contribution in [0.15, 0.2) is 24.3 Å². The average molecular weight is 472 g/mol. The Kier molecular flexibility index (Phi) is 6.31. The van der Waals surface area contributed by atoms with Gasteiger partial charge in [0.25, 0.3) is 5.91 Å². The van der Waals surface area contributed by atoms with E-state index in [1.165, 1.54) is 6.07 Å². The monoisotopic (exact) mass is 471 g/mol. The molecule has 0 aliphatic carbocycles. The third-order valence-corrected chi connectivity index (χ3v) is 4.76. The number of aromatic nitrogens is 3. The van der Waals surface area contributed by atoms with Gasteiger partial charge in [0.2, 0.25) is 0 Å². The Bertz CT molecular complexity index is 1140. The van der Waals surface area contributed by atoms with Crippen LogP contribution in [0.2, 0.25) is 5.15 Å². The molecule has 1 aromatic carbocycles. The highest BCUT2D eigenvalue weighted by Gasteiger charge is 2.39. The molecule has 0 aliphatic rings. The number of alkyl halides is 3. The first kappa shape index (κ1) is 23.3. The fraction of sp³-hybridized carbons (Fsp3) is 0.250. The van der Waals surface area contributed by atoms with Crippen molar-refractivity contribution in [2.45, 2.75) is 33.1 Å². The standard InChI is InChI=1S/C20H18ClF4N5O2/c1-8-4-14(27-16(26)5-8)11-7-15(32-10(3)20(23,24)25)12(6-13(11)22)19(31)28-17-9(2)29-30-18(17)21/h4-7,10H,1-3H3,(H2,26,27)(H,28,31)(H,29,30)/t10-/m0/s1. The van der Waals surface area contributed by atoms with Crippen molar-refractivity contribution < 1.29 is 27.1 Å². The molecule has 1 atom stereocenters. The number of H-pyrrole nitrogens is 1. The molecule has 4 N–H and O–H groups in total. The minimum Gasteiger partial charge on any atom is -0.480 e. The van der Waals surface area contributed by atoms with Crippen molar-refractivity contribution in [3.63, 3.8) is 0 Å². The van der Waals surface area contributed by atoms with Gasteiger partial charge in [0.1, 0.15) is 23.1 Å². The number of aromatic amines is 1. The number of nitrogens with one attached hydrogen (secondary N) is 2. The number of nitrogens with zero attached hydrogens (tertiary/aromatic N) is 2. The number of pyridine rings is 1. The molecule has 2 aromatic heterocycles. The van der Waals surface area contributed by atoms with E-state index >= 15 is 0 Å². The Morgan fingerprint density at radius 1 is 1.25 bits per heavy atom. The number of halogens is 5. The first-order valence-corrected chi connectivity index (χ1v) is 9.58. The minimum atomic E-state index is -4.72. The van der Waals surface area contributed by atoms with Crippen LogP contribution in [0.25, 0.3) is 11.3 Å². The van der Waals surface area contributed by atoms with Gasteiger partial charge in [-0.3, -0.25) is 9.89 Å². The largest absolute Gasteiger partial charge is 0.480 e. The van der Waals surface area contributed by atoms with Crippen LogP contribution >= 0.6 is 11.6 Å². The van der Waals surface area contributed by atoms with Gasteiger partial charge < -0.3 is 15.8 Å². The number of benzene rings is 1. The maximum Gasteiger partial charge on any atom is 0.425 e. The Morgan fingerprint density at radius 2 is 1.94 bits per heavy atom. The molecule has 0 bridgehead atoms. The normalized spacial score (nSPS) is 12.5. The number of anilines is 2. The molecule has 7 nitrogen and oxygen atoms in total. The van der Waals surface area contributed by atoms with Crippen molar-refractivity contribution in [3.05, 3.63) is 52.1 Å². The van der Waals surface area contributed by atoms with Gasteiger partial charge >= 0.3 is 6.18 Å². The van der Waals surface area contributed by atoms with E-state index in [0.717, 1.165) is 19.1 Å². The Morgan fingerprint density at radius 3 is 2.50 bits per heavy atom. The van der Waals surface area contributed by atoms with Gasteiger partial charge in [-0.15, -0.1) is 0 Å². The Labute approximate surface area is 184 Å². The van der Waals surface area contributed by atoms with E-state index in [1.807, 2.05) is 0 Å². The molecule has 0 unspecified atom stereocenters. The van der Waals surface area contributed by atoms with Crippen LogP contribution in [0.1, 0.15) is 28.5 Å². The lowest BCUT2D eigenvalue weighted by Gasteiger charge is -2.20. The zero-order chi connectivity index (χ0) is 23.8. The Balaban J connectivity index is 2.11. The van der Waals surface area contributed by atoms with Crippen LogP contribution in [0.4, 0.5) is 29.1 Å². The molecule has 0 saturated carbocycles. The highest BCUT2D eigenvalue weighted by molar-refractivity contribution is 6.33. The van der Waals surface area contributed by atoms with E-state index in [2.05, 4.69) is 20.5 Å². The predicted molar refractivity (Wildman–Crippen MR) is 111 cm³/mol. The fourth-order valence-corrected chi connectivity index (χ4v) is 3.07. The molecule has 12 heteroatoms. The molecule has 1 amide bonds. The van der Waals surface area contributed by atoms with Crippen molar-refractivity contribution >= 4 is 29.0 Å². The highest BCUT2D eigenvalue weighted by atomic mass is 35.5. The second-order valence-corrected chi connectivity index (χ2v) is 7.41. The summed E-state index contributed by atoms with van der Waals surface area (Å²) in [4.78, 5) is 16.8. The summed E-state index contributed by atoms with van der Waals surface area (Å²) in [6.45, 7) is 4.03. The number of ether oxygens (including phenoxy) is 1. The molecule has 32 heavy (non-hydrogen) atoms. The summed E-state index contributed by atoms with van der Waals surface area (Å²) < 4.78 is 59.4. The molecule has 0 aliphatic heterocycles. The molecule has 3 rings (SSSR count). The number of hydrogen-bond acceptors (Lipinski definition) is 5. The molecule has 0 fully saturated rings. The zero-order valence-corrected chi connectivity index (χ0v) is 17.8. The topological polar surface area (TPSA) is 106 Å². The molecule has 2 heterocycles. The number of nitrogens with two attached hydrogens (primary N) is 1. The summed E-state index contributed by atoms with van der Waals surface area (Å²) >= 11 is 5.90. The number of nitrogen functional groups attached to an aromatic ring is 1. The Hall–Kier alpha value is -3.34. The molecule has 3 aromatic rings. The van der Waals surface area contributed by atoms with E-state index in [1.54, 1.807) is 19.9 Å². The first-order chi connectivity index (χ1) is 14.9. The number of amides is 1.